The largest absolute Gasteiger partial charge is 0.490 e. The highest BCUT2D eigenvalue weighted by Crippen LogP contribution is 2.40. The minimum absolute atomic E-state index is 0.0187. The Morgan fingerprint density at radius 3 is 2.29 bits per heavy atom. The van der Waals surface area contributed by atoms with E-state index in [1.54, 1.807) is 17.0 Å². The van der Waals surface area contributed by atoms with Crippen molar-refractivity contribution >= 4 is 32.6 Å². The van der Waals surface area contributed by atoms with E-state index in [9.17, 15) is 4.79 Å². The molecule has 188 valence electrons. The lowest BCUT2D eigenvalue weighted by atomic mass is 10.1. The molecule has 1 aliphatic heterocycles. The average Bonchev–Trinajstić information content (AvgIpc) is 3.49. The van der Waals surface area contributed by atoms with Gasteiger partial charge in [-0.25, -0.2) is 4.98 Å². The van der Waals surface area contributed by atoms with E-state index < -0.39 is 0 Å². The maximum Gasteiger partial charge on any atom is 0.260 e. The third kappa shape index (κ3) is 5.54. The number of ether oxygens (including phenoxy) is 4. The monoisotopic (exact) mass is 498 g/mol. The van der Waals surface area contributed by atoms with Gasteiger partial charge in [0.1, 0.15) is 0 Å². The number of carbonyl (C=O) groups excluding carboxylic acids is 1. The van der Waals surface area contributed by atoms with Crippen molar-refractivity contribution in [3.8, 4) is 17.2 Å². The lowest BCUT2D eigenvalue weighted by molar-refractivity contribution is 0.0916. The second-order valence-corrected chi connectivity index (χ2v) is 9.56. The number of hydrogen-bond donors (Lipinski definition) is 0. The summed E-state index contributed by atoms with van der Waals surface area (Å²) in [6, 6.07) is 7.70. The first-order valence-electron chi connectivity index (χ1n) is 12.3. The highest BCUT2D eigenvalue weighted by molar-refractivity contribution is 7.22. The fraction of sp³-hybridized carbons (Fsp3) is 0.481. The zero-order chi connectivity index (χ0) is 24.9. The number of fused-ring (bicyclic) bond motifs is 1. The van der Waals surface area contributed by atoms with E-state index in [0.29, 0.717) is 54.3 Å². The van der Waals surface area contributed by atoms with E-state index in [0.717, 1.165) is 29.7 Å². The quantitative estimate of drug-likeness (QED) is 0.345. The number of anilines is 1. The van der Waals surface area contributed by atoms with Crippen LogP contribution in [-0.2, 0) is 4.74 Å². The average molecular weight is 499 g/mol. The summed E-state index contributed by atoms with van der Waals surface area (Å²) < 4.78 is 24.5. The molecule has 0 bridgehead atoms. The third-order valence-electron chi connectivity index (χ3n) is 6.03. The lowest BCUT2D eigenvalue weighted by Gasteiger charge is -2.24. The zero-order valence-corrected chi connectivity index (χ0v) is 22.0. The van der Waals surface area contributed by atoms with E-state index in [1.807, 2.05) is 20.8 Å². The Balaban J connectivity index is 1.78. The normalized spacial score (nSPS) is 15.4. The van der Waals surface area contributed by atoms with Crippen LogP contribution in [0.2, 0.25) is 0 Å². The van der Waals surface area contributed by atoms with Crippen LogP contribution in [0.25, 0.3) is 10.2 Å². The molecule has 1 atom stereocenters. The van der Waals surface area contributed by atoms with Gasteiger partial charge < -0.3 is 18.9 Å². The number of amides is 1. The van der Waals surface area contributed by atoms with Crippen molar-refractivity contribution in [2.45, 2.75) is 53.6 Å². The molecule has 0 aliphatic carbocycles. The van der Waals surface area contributed by atoms with Crippen LogP contribution >= 0.6 is 11.3 Å². The van der Waals surface area contributed by atoms with Gasteiger partial charge in [0.2, 0.25) is 5.75 Å². The lowest BCUT2D eigenvalue weighted by Crippen LogP contribution is -2.37. The van der Waals surface area contributed by atoms with Crippen LogP contribution in [0, 0.1) is 13.8 Å². The first-order valence-corrected chi connectivity index (χ1v) is 13.1. The molecule has 1 unspecified atom stereocenters. The number of aryl methyl sites for hydroxylation is 2. The topological polar surface area (TPSA) is 70.1 Å². The van der Waals surface area contributed by atoms with Gasteiger partial charge >= 0.3 is 0 Å². The molecule has 1 saturated heterocycles. The summed E-state index contributed by atoms with van der Waals surface area (Å²) in [5, 5.41) is 0.662. The van der Waals surface area contributed by atoms with E-state index in [1.165, 1.54) is 22.5 Å². The van der Waals surface area contributed by atoms with Gasteiger partial charge in [-0.2, -0.15) is 0 Å². The Hall–Kier alpha value is -2.84. The van der Waals surface area contributed by atoms with E-state index in [2.05, 4.69) is 26.0 Å². The summed E-state index contributed by atoms with van der Waals surface area (Å²) >= 11 is 1.53. The molecule has 8 heteroatoms. The minimum atomic E-state index is -0.169. The molecule has 0 N–H and O–H groups in total. The molecule has 2 heterocycles. The van der Waals surface area contributed by atoms with Crippen LogP contribution in [0.15, 0.2) is 24.3 Å². The summed E-state index contributed by atoms with van der Waals surface area (Å²) in [7, 11) is 0. The van der Waals surface area contributed by atoms with Gasteiger partial charge in [0.15, 0.2) is 16.6 Å². The van der Waals surface area contributed by atoms with E-state index in [-0.39, 0.29) is 12.0 Å². The van der Waals surface area contributed by atoms with Gasteiger partial charge in [0.05, 0.1) is 42.7 Å². The van der Waals surface area contributed by atoms with Crippen LogP contribution in [0.1, 0.15) is 55.1 Å². The smallest absolute Gasteiger partial charge is 0.260 e. The van der Waals surface area contributed by atoms with Gasteiger partial charge in [-0.1, -0.05) is 11.3 Å². The SMILES string of the molecule is CCOc1cc(C(=O)N(CC2CCCO2)c2nc3cc(C)c(C)cc3s2)cc(OCC)c1OCC. The Morgan fingerprint density at radius 2 is 1.69 bits per heavy atom. The fourth-order valence-corrected chi connectivity index (χ4v) is 5.24. The fourth-order valence-electron chi connectivity index (χ4n) is 4.19. The van der Waals surface area contributed by atoms with E-state index >= 15 is 0 Å². The Morgan fingerprint density at radius 1 is 1.03 bits per heavy atom. The molecule has 1 amide bonds. The molecule has 2 aromatic carbocycles. The summed E-state index contributed by atoms with van der Waals surface area (Å²) in [6.07, 6.45) is 1.90. The highest BCUT2D eigenvalue weighted by Gasteiger charge is 2.29. The summed E-state index contributed by atoms with van der Waals surface area (Å²) in [4.78, 5) is 20.6. The molecule has 1 aromatic heterocycles. The van der Waals surface area contributed by atoms with Crippen LogP contribution < -0.4 is 19.1 Å². The van der Waals surface area contributed by atoms with Crippen LogP contribution in [0.5, 0.6) is 17.2 Å². The maximum atomic E-state index is 14.0. The van der Waals surface area contributed by atoms with Crippen LogP contribution in [0.4, 0.5) is 5.13 Å². The number of rotatable bonds is 10. The molecule has 7 nitrogen and oxygen atoms in total. The van der Waals surface area contributed by atoms with E-state index in [4.69, 9.17) is 23.9 Å². The van der Waals surface area contributed by atoms with Crippen molar-refractivity contribution in [2.24, 2.45) is 0 Å². The maximum absolute atomic E-state index is 14.0. The molecule has 3 aromatic rings. The number of thiazole rings is 1. The summed E-state index contributed by atoms with van der Waals surface area (Å²) in [5.41, 5.74) is 3.75. The number of aromatic nitrogens is 1. The first kappa shape index (κ1) is 25.3. The number of carbonyl (C=O) groups is 1. The second-order valence-electron chi connectivity index (χ2n) is 8.55. The van der Waals surface area contributed by atoms with Gasteiger partial charge in [-0.05, 0) is 82.9 Å². The third-order valence-corrected chi connectivity index (χ3v) is 7.08. The van der Waals surface area contributed by atoms with Crippen molar-refractivity contribution in [1.29, 1.82) is 0 Å². The van der Waals surface area contributed by atoms with Gasteiger partial charge in [-0.3, -0.25) is 9.69 Å². The molecule has 1 fully saturated rings. The molecular formula is C27H34N2O5S. The Kier molecular flexibility index (Phi) is 8.13. The van der Waals surface area contributed by atoms with Crippen LogP contribution in [-0.4, -0.2) is 50.0 Å². The van der Waals surface area contributed by atoms with Crippen molar-refractivity contribution < 1.29 is 23.7 Å². The molecule has 0 radical (unpaired) electrons. The molecular weight excluding hydrogens is 464 g/mol. The highest BCUT2D eigenvalue weighted by atomic mass is 32.1. The summed E-state index contributed by atoms with van der Waals surface area (Å²) in [6.45, 7) is 12.4. The summed E-state index contributed by atoms with van der Waals surface area (Å²) in [5.74, 6) is 1.34. The predicted molar refractivity (Wildman–Crippen MR) is 140 cm³/mol. The first-order chi connectivity index (χ1) is 16.9. The van der Waals surface area contributed by atoms with Gasteiger partial charge in [0, 0.05) is 12.2 Å². The predicted octanol–water partition coefficient (Wildman–Crippen LogP) is 5.94. The molecule has 4 rings (SSSR count). The van der Waals surface area contributed by atoms with Gasteiger partial charge in [0.25, 0.3) is 5.91 Å². The van der Waals surface area contributed by atoms with Crippen LogP contribution in [0.3, 0.4) is 0 Å². The molecule has 35 heavy (non-hydrogen) atoms. The molecule has 0 spiro atoms. The number of nitrogens with zero attached hydrogens (tertiary/aromatic N) is 2. The number of hydrogen-bond acceptors (Lipinski definition) is 7. The van der Waals surface area contributed by atoms with Crippen molar-refractivity contribution in [2.75, 3.05) is 37.9 Å². The number of benzene rings is 2. The standard InChI is InChI=1S/C27H34N2O5S/c1-6-31-22-14-19(15-23(32-7-2)25(22)33-8-3)26(30)29(16-20-10-9-11-34-20)27-28-21-12-17(4)18(5)13-24(21)35-27/h12-15,20H,6-11,16H2,1-5H3. The zero-order valence-electron chi connectivity index (χ0n) is 21.2. The molecule has 1 aliphatic rings. The van der Waals surface area contributed by atoms with Crippen molar-refractivity contribution in [3.63, 3.8) is 0 Å². The Bertz CT molecular complexity index is 1120. The second kappa shape index (κ2) is 11.3. The van der Waals surface area contributed by atoms with Crippen molar-refractivity contribution in [1.82, 2.24) is 4.98 Å². The Labute approximate surface area is 211 Å². The minimum Gasteiger partial charge on any atom is -0.490 e. The van der Waals surface area contributed by atoms with Gasteiger partial charge in [-0.15, -0.1) is 0 Å². The molecule has 0 saturated carbocycles. The van der Waals surface area contributed by atoms with Crippen molar-refractivity contribution in [3.05, 3.63) is 41.0 Å².